The van der Waals surface area contributed by atoms with Crippen molar-refractivity contribution in [3.8, 4) is 0 Å². The van der Waals surface area contributed by atoms with Crippen molar-refractivity contribution in [1.29, 1.82) is 0 Å². The van der Waals surface area contributed by atoms with Crippen molar-refractivity contribution in [2.45, 2.75) is 65.8 Å². The van der Waals surface area contributed by atoms with E-state index in [0.717, 1.165) is 43.7 Å². The van der Waals surface area contributed by atoms with Gasteiger partial charge >= 0.3 is 0 Å². The number of oxazole rings is 1. The topological polar surface area (TPSA) is 65.7 Å². The first-order valence-corrected chi connectivity index (χ1v) is 10.1. The van der Waals surface area contributed by atoms with Gasteiger partial charge in [-0.05, 0) is 51.7 Å². The smallest absolute Gasteiger partial charge is 0.216 e. The lowest BCUT2D eigenvalue weighted by atomic mass is 9.94. The standard InChI is InChI=1S/C20H37N5O/c1-6-21-19(22-10-7-11-25-12-8-16(2)9-13-25)24-15-18-23-14-17(26-18)20(3,4)5/h14,16H,6-13,15H2,1-5H3,(H2,21,22,24). The van der Waals surface area contributed by atoms with Crippen LogP contribution in [0.5, 0.6) is 0 Å². The molecule has 0 aliphatic carbocycles. The van der Waals surface area contributed by atoms with Crippen LogP contribution in [0.3, 0.4) is 0 Å². The second-order valence-corrected chi connectivity index (χ2v) is 8.37. The summed E-state index contributed by atoms with van der Waals surface area (Å²) in [6.45, 7) is 16.7. The van der Waals surface area contributed by atoms with E-state index in [-0.39, 0.29) is 5.41 Å². The molecule has 0 bridgehead atoms. The van der Waals surface area contributed by atoms with Crippen LogP contribution in [0.2, 0.25) is 0 Å². The average Bonchev–Trinajstić information content (AvgIpc) is 3.07. The summed E-state index contributed by atoms with van der Waals surface area (Å²) < 4.78 is 5.81. The average molecular weight is 364 g/mol. The molecular weight excluding hydrogens is 326 g/mol. The van der Waals surface area contributed by atoms with E-state index in [1.165, 1.54) is 25.9 Å². The molecule has 6 nitrogen and oxygen atoms in total. The van der Waals surface area contributed by atoms with E-state index in [1.54, 1.807) is 0 Å². The first-order chi connectivity index (χ1) is 12.4. The van der Waals surface area contributed by atoms with Gasteiger partial charge in [0.25, 0.3) is 0 Å². The number of aliphatic imine (C=N–C) groups is 1. The van der Waals surface area contributed by atoms with Crippen molar-refractivity contribution in [1.82, 2.24) is 20.5 Å². The van der Waals surface area contributed by atoms with Crippen LogP contribution in [-0.4, -0.2) is 48.6 Å². The van der Waals surface area contributed by atoms with Gasteiger partial charge in [0.15, 0.2) is 5.96 Å². The normalized spacial score (nSPS) is 17.5. The van der Waals surface area contributed by atoms with E-state index >= 15 is 0 Å². The number of likely N-dealkylation sites (tertiary alicyclic amines) is 1. The van der Waals surface area contributed by atoms with Crippen molar-refractivity contribution in [3.63, 3.8) is 0 Å². The summed E-state index contributed by atoms with van der Waals surface area (Å²) in [5.41, 5.74) is -0.0239. The summed E-state index contributed by atoms with van der Waals surface area (Å²) in [5, 5.41) is 6.71. The van der Waals surface area contributed by atoms with Gasteiger partial charge in [-0.1, -0.05) is 27.7 Å². The van der Waals surface area contributed by atoms with Gasteiger partial charge in [0.05, 0.1) is 6.20 Å². The summed E-state index contributed by atoms with van der Waals surface area (Å²) >= 11 is 0. The number of nitrogens with zero attached hydrogens (tertiary/aromatic N) is 3. The number of rotatable bonds is 7. The highest BCUT2D eigenvalue weighted by atomic mass is 16.4. The monoisotopic (exact) mass is 363 g/mol. The molecule has 1 aromatic rings. The van der Waals surface area contributed by atoms with Crippen molar-refractivity contribution >= 4 is 5.96 Å². The molecule has 0 aromatic carbocycles. The molecule has 1 aliphatic rings. The summed E-state index contributed by atoms with van der Waals surface area (Å²) in [7, 11) is 0. The highest BCUT2D eigenvalue weighted by Crippen LogP contribution is 2.22. The summed E-state index contributed by atoms with van der Waals surface area (Å²) in [5.74, 6) is 3.28. The molecule has 0 atom stereocenters. The minimum absolute atomic E-state index is 0.0239. The highest BCUT2D eigenvalue weighted by Gasteiger charge is 2.19. The highest BCUT2D eigenvalue weighted by molar-refractivity contribution is 5.79. The van der Waals surface area contributed by atoms with Crippen molar-refractivity contribution < 1.29 is 4.42 Å². The Kier molecular flexibility index (Phi) is 7.94. The Hall–Kier alpha value is -1.56. The molecule has 2 N–H and O–H groups in total. The minimum atomic E-state index is -0.0239. The molecule has 1 fully saturated rings. The number of hydrogen-bond donors (Lipinski definition) is 2. The Bertz CT molecular complexity index is 553. The summed E-state index contributed by atoms with van der Waals surface area (Å²) in [6.07, 6.45) is 5.62. The molecule has 2 rings (SSSR count). The third-order valence-electron chi connectivity index (χ3n) is 4.83. The number of piperidine rings is 1. The van der Waals surface area contributed by atoms with Gasteiger partial charge < -0.3 is 20.0 Å². The Balaban J connectivity index is 1.74. The van der Waals surface area contributed by atoms with Gasteiger partial charge in [0.2, 0.25) is 5.89 Å². The largest absolute Gasteiger partial charge is 0.443 e. The lowest BCUT2D eigenvalue weighted by Crippen LogP contribution is -2.39. The van der Waals surface area contributed by atoms with Gasteiger partial charge in [-0.15, -0.1) is 0 Å². The summed E-state index contributed by atoms with van der Waals surface area (Å²) in [6, 6.07) is 0. The molecule has 0 spiro atoms. The van der Waals surface area contributed by atoms with Crippen LogP contribution in [0.4, 0.5) is 0 Å². The lowest BCUT2D eigenvalue weighted by Gasteiger charge is -2.30. The number of hydrogen-bond acceptors (Lipinski definition) is 4. The maximum Gasteiger partial charge on any atom is 0.216 e. The molecule has 0 saturated carbocycles. The quantitative estimate of drug-likeness (QED) is 0.443. The van der Waals surface area contributed by atoms with Gasteiger partial charge in [-0.3, -0.25) is 0 Å². The zero-order valence-electron chi connectivity index (χ0n) is 17.3. The fourth-order valence-corrected chi connectivity index (χ4v) is 3.01. The van der Waals surface area contributed by atoms with Crippen molar-refractivity contribution in [2.75, 3.05) is 32.7 Å². The third-order valence-corrected chi connectivity index (χ3v) is 4.83. The molecule has 26 heavy (non-hydrogen) atoms. The minimum Gasteiger partial charge on any atom is -0.443 e. The van der Waals surface area contributed by atoms with Gasteiger partial charge in [-0.25, -0.2) is 9.98 Å². The zero-order chi connectivity index (χ0) is 19.0. The third kappa shape index (κ3) is 6.98. The Morgan fingerprint density at radius 3 is 2.65 bits per heavy atom. The predicted molar refractivity (Wildman–Crippen MR) is 107 cm³/mol. The first-order valence-electron chi connectivity index (χ1n) is 10.1. The van der Waals surface area contributed by atoms with E-state index in [0.29, 0.717) is 12.4 Å². The fourth-order valence-electron chi connectivity index (χ4n) is 3.01. The zero-order valence-corrected chi connectivity index (χ0v) is 17.3. The molecule has 2 heterocycles. The summed E-state index contributed by atoms with van der Waals surface area (Å²) in [4.78, 5) is 11.5. The number of guanidine groups is 1. The van der Waals surface area contributed by atoms with Crippen LogP contribution in [0, 0.1) is 5.92 Å². The van der Waals surface area contributed by atoms with Gasteiger partial charge in [0.1, 0.15) is 12.3 Å². The van der Waals surface area contributed by atoms with Crippen molar-refractivity contribution in [3.05, 3.63) is 17.8 Å². The Morgan fingerprint density at radius 1 is 1.31 bits per heavy atom. The van der Waals surface area contributed by atoms with Gasteiger partial charge in [0, 0.05) is 18.5 Å². The number of nitrogens with one attached hydrogen (secondary N) is 2. The van der Waals surface area contributed by atoms with Crippen LogP contribution in [0.15, 0.2) is 15.6 Å². The van der Waals surface area contributed by atoms with Gasteiger partial charge in [-0.2, -0.15) is 0 Å². The molecule has 0 amide bonds. The van der Waals surface area contributed by atoms with E-state index < -0.39 is 0 Å². The SMILES string of the molecule is CCNC(=NCc1ncc(C(C)(C)C)o1)NCCCN1CCC(C)CC1. The van der Waals surface area contributed by atoms with Crippen LogP contribution in [-0.2, 0) is 12.0 Å². The van der Waals surface area contributed by atoms with E-state index in [4.69, 9.17) is 4.42 Å². The van der Waals surface area contributed by atoms with Crippen LogP contribution in [0.1, 0.15) is 65.5 Å². The second-order valence-electron chi connectivity index (χ2n) is 8.37. The second kappa shape index (κ2) is 9.95. The fraction of sp³-hybridized carbons (Fsp3) is 0.800. The van der Waals surface area contributed by atoms with Crippen LogP contribution >= 0.6 is 0 Å². The Morgan fingerprint density at radius 2 is 2.04 bits per heavy atom. The molecule has 0 radical (unpaired) electrons. The maximum atomic E-state index is 5.81. The van der Waals surface area contributed by atoms with Crippen LogP contribution < -0.4 is 10.6 Å². The Labute approximate surface area is 158 Å². The van der Waals surface area contributed by atoms with E-state index in [2.05, 4.69) is 60.1 Å². The maximum absolute atomic E-state index is 5.81. The molecule has 1 aromatic heterocycles. The molecule has 1 saturated heterocycles. The van der Waals surface area contributed by atoms with E-state index in [9.17, 15) is 0 Å². The number of aromatic nitrogens is 1. The molecule has 148 valence electrons. The molecule has 1 aliphatic heterocycles. The molecule has 6 heteroatoms. The molecular formula is C20H37N5O. The van der Waals surface area contributed by atoms with Crippen LogP contribution in [0.25, 0.3) is 0 Å². The van der Waals surface area contributed by atoms with E-state index in [1.807, 2.05) is 6.20 Å². The predicted octanol–water partition coefficient (Wildman–Crippen LogP) is 3.15. The van der Waals surface area contributed by atoms with Crippen molar-refractivity contribution in [2.24, 2.45) is 10.9 Å². The molecule has 0 unspecified atom stereocenters. The first kappa shape index (κ1) is 20.7. The lowest BCUT2D eigenvalue weighted by molar-refractivity contribution is 0.191.